The Labute approximate surface area is 55.9 Å². The van der Waals surface area contributed by atoms with Crippen LogP contribution in [0.5, 0.6) is 0 Å². The summed E-state index contributed by atoms with van der Waals surface area (Å²) >= 11 is 0. The van der Waals surface area contributed by atoms with Crippen LogP contribution in [0.1, 0.15) is 33.1 Å². The maximum Gasteiger partial charge on any atom is 0.131 e. The first-order valence-corrected chi connectivity index (χ1v) is 3.42. The molecule has 0 heterocycles. The minimum absolute atomic E-state index is 0.354. The minimum Gasteiger partial charge on any atom is -0.393 e. The normalized spacial score (nSPS) is 17.3. The van der Waals surface area contributed by atoms with Crippen molar-refractivity contribution in [3.8, 4) is 0 Å². The third kappa shape index (κ3) is 4.40. The molecule has 1 atom stereocenters. The monoisotopic (exact) mass is 134 g/mol. The van der Waals surface area contributed by atoms with Crippen LogP contribution in [-0.2, 0) is 0 Å². The first-order valence-electron chi connectivity index (χ1n) is 3.42. The lowest BCUT2D eigenvalue weighted by molar-refractivity contribution is 0.0778. The average molecular weight is 134 g/mol. The van der Waals surface area contributed by atoms with E-state index < -0.39 is 5.67 Å². The third-order valence-corrected chi connectivity index (χ3v) is 1.38. The van der Waals surface area contributed by atoms with Crippen molar-refractivity contribution in [1.82, 2.24) is 0 Å². The summed E-state index contributed by atoms with van der Waals surface area (Å²) in [5.74, 6) is 0. The number of alkyl halides is 1. The van der Waals surface area contributed by atoms with Crippen molar-refractivity contribution in [3.05, 3.63) is 0 Å². The van der Waals surface area contributed by atoms with E-state index in [1.54, 1.807) is 0 Å². The summed E-state index contributed by atoms with van der Waals surface area (Å²) < 4.78 is 12.8. The highest BCUT2D eigenvalue weighted by atomic mass is 19.1. The summed E-state index contributed by atoms with van der Waals surface area (Å²) in [5, 5.41) is 8.45. The fourth-order valence-electron chi connectivity index (χ4n) is 0.624. The van der Waals surface area contributed by atoms with Gasteiger partial charge in [0, 0.05) is 0 Å². The molecule has 0 aliphatic rings. The van der Waals surface area contributed by atoms with E-state index >= 15 is 0 Å². The molecule has 1 unspecified atom stereocenters. The van der Waals surface area contributed by atoms with Crippen molar-refractivity contribution in [2.24, 2.45) is 0 Å². The lowest BCUT2D eigenvalue weighted by atomic mass is 10.0. The van der Waals surface area contributed by atoms with E-state index in [0.29, 0.717) is 6.42 Å². The van der Waals surface area contributed by atoms with Gasteiger partial charge in [0.2, 0.25) is 0 Å². The standard InChI is InChI=1S/C7H15FO/c1-3-4-5-7(2,8)6-9/h9H,3-6H2,1-2H3. The SMILES string of the molecule is CCCCC(C)(F)CO. The molecule has 0 radical (unpaired) electrons. The molecule has 1 nitrogen and oxygen atoms in total. The van der Waals surface area contributed by atoms with Gasteiger partial charge in [-0.25, -0.2) is 4.39 Å². The molecule has 0 aliphatic carbocycles. The molecule has 0 spiro atoms. The second-order valence-electron chi connectivity index (χ2n) is 2.68. The molecule has 9 heavy (non-hydrogen) atoms. The number of hydrogen-bond donors (Lipinski definition) is 1. The Morgan fingerprint density at radius 2 is 2.11 bits per heavy atom. The molecule has 56 valence electrons. The third-order valence-electron chi connectivity index (χ3n) is 1.38. The summed E-state index contributed by atoms with van der Waals surface area (Å²) in [5.41, 5.74) is -1.35. The van der Waals surface area contributed by atoms with Gasteiger partial charge in [-0.2, -0.15) is 0 Å². The predicted octanol–water partition coefficient (Wildman–Crippen LogP) is 1.90. The Bertz CT molecular complexity index is 71.3. The van der Waals surface area contributed by atoms with Gasteiger partial charge >= 0.3 is 0 Å². The quantitative estimate of drug-likeness (QED) is 0.622. The van der Waals surface area contributed by atoms with Crippen LogP contribution in [0.2, 0.25) is 0 Å². The molecule has 0 fully saturated rings. The molecule has 0 amide bonds. The molecule has 0 aromatic heterocycles. The fraction of sp³-hybridized carbons (Fsp3) is 1.00. The van der Waals surface area contributed by atoms with Crippen LogP contribution in [0.25, 0.3) is 0 Å². The molecule has 0 aliphatic heterocycles. The van der Waals surface area contributed by atoms with E-state index in [1.807, 2.05) is 6.92 Å². The van der Waals surface area contributed by atoms with Crippen LogP contribution >= 0.6 is 0 Å². The summed E-state index contributed by atoms with van der Waals surface area (Å²) in [6, 6.07) is 0. The van der Waals surface area contributed by atoms with Gasteiger partial charge < -0.3 is 5.11 Å². The van der Waals surface area contributed by atoms with Crippen molar-refractivity contribution in [3.63, 3.8) is 0 Å². The lowest BCUT2D eigenvalue weighted by Gasteiger charge is -2.15. The molecular weight excluding hydrogens is 119 g/mol. The molecule has 0 rings (SSSR count). The van der Waals surface area contributed by atoms with E-state index in [9.17, 15) is 4.39 Å². The van der Waals surface area contributed by atoms with E-state index in [2.05, 4.69) is 0 Å². The number of aliphatic hydroxyl groups is 1. The Morgan fingerprint density at radius 1 is 1.56 bits per heavy atom. The van der Waals surface area contributed by atoms with Gasteiger partial charge in [0.05, 0.1) is 6.61 Å². The molecule has 0 bridgehead atoms. The number of hydrogen-bond acceptors (Lipinski definition) is 1. The van der Waals surface area contributed by atoms with E-state index in [4.69, 9.17) is 5.11 Å². The first kappa shape index (κ1) is 8.89. The second kappa shape index (κ2) is 3.83. The Kier molecular flexibility index (Phi) is 3.78. The van der Waals surface area contributed by atoms with E-state index in [0.717, 1.165) is 12.8 Å². The molecule has 2 heteroatoms. The van der Waals surface area contributed by atoms with Gasteiger partial charge in [-0.3, -0.25) is 0 Å². The highest BCUT2D eigenvalue weighted by molar-refractivity contribution is 4.70. The largest absolute Gasteiger partial charge is 0.393 e. The lowest BCUT2D eigenvalue weighted by Crippen LogP contribution is -2.22. The smallest absolute Gasteiger partial charge is 0.131 e. The molecule has 0 aromatic carbocycles. The minimum atomic E-state index is -1.35. The molecule has 0 saturated heterocycles. The first-order chi connectivity index (χ1) is 4.12. The highest BCUT2D eigenvalue weighted by Gasteiger charge is 2.19. The average Bonchev–Trinajstić information content (AvgIpc) is 1.84. The van der Waals surface area contributed by atoms with Crippen molar-refractivity contribution < 1.29 is 9.50 Å². The Balaban J connectivity index is 3.33. The Hall–Kier alpha value is -0.110. The second-order valence-corrected chi connectivity index (χ2v) is 2.68. The van der Waals surface area contributed by atoms with Crippen LogP contribution in [0.3, 0.4) is 0 Å². The maximum atomic E-state index is 12.8. The number of halogens is 1. The van der Waals surface area contributed by atoms with E-state index in [-0.39, 0.29) is 6.61 Å². The van der Waals surface area contributed by atoms with Crippen LogP contribution in [0.15, 0.2) is 0 Å². The zero-order valence-corrected chi connectivity index (χ0v) is 6.15. The number of rotatable bonds is 4. The highest BCUT2D eigenvalue weighted by Crippen LogP contribution is 2.16. The van der Waals surface area contributed by atoms with Crippen LogP contribution in [0.4, 0.5) is 4.39 Å². The maximum absolute atomic E-state index is 12.8. The zero-order valence-electron chi connectivity index (χ0n) is 6.15. The topological polar surface area (TPSA) is 20.2 Å². The number of unbranched alkanes of at least 4 members (excludes halogenated alkanes) is 1. The summed E-state index contributed by atoms with van der Waals surface area (Å²) in [6.45, 7) is 3.09. The van der Waals surface area contributed by atoms with Gasteiger partial charge in [-0.1, -0.05) is 19.8 Å². The summed E-state index contributed by atoms with van der Waals surface area (Å²) in [6.07, 6.45) is 2.31. The predicted molar refractivity (Wildman–Crippen MR) is 36.1 cm³/mol. The zero-order chi connectivity index (χ0) is 7.33. The van der Waals surface area contributed by atoms with Gasteiger partial charge in [0.1, 0.15) is 5.67 Å². The molecule has 1 N–H and O–H groups in total. The van der Waals surface area contributed by atoms with Crippen molar-refractivity contribution in [2.75, 3.05) is 6.61 Å². The molecular formula is C7H15FO. The van der Waals surface area contributed by atoms with Crippen LogP contribution in [-0.4, -0.2) is 17.4 Å². The van der Waals surface area contributed by atoms with Gasteiger partial charge in [0.15, 0.2) is 0 Å². The molecule has 0 aromatic rings. The van der Waals surface area contributed by atoms with Crippen molar-refractivity contribution in [2.45, 2.75) is 38.8 Å². The summed E-state index contributed by atoms with van der Waals surface area (Å²) in [4.78, 5) is 0. The van der Waals surface area contributed by atoms with Crippen LogP contribution in [0, 0.1) is 0 Å². The molecule has 0 saturated carbocycles. The summed E-state index contributed by atoms with van der Waals surface area (Å²) in [7, 11) is 0. The van der Waals surface area contributed by atoms with Crippen molar-refractivity contribution in [1.29, 1.82) is 0 Å². The van der Waals surface area contributed by atoms with Crippen LogP contribution < -0.4 is 0 Å². The number of aliphatic hydroxyl groups excluding tert-OH is 1. The van der Waals surface area contributed by atoms with Crippen molar-refractivity contribution >= 4 is 0 Å². The van der Waals surface area contributed by atoms with Gasteiger partial charge in [-0.05, 0) is 13.3 Å². The Morgan fingerprint density at radius 3 is 2.44 bits per heavy atom. The van der Waals surface area contributed by atoms with E-state index in [1.165, 1.54) is 6.92 Å². The van der Waals surface area contributed by atoms with Gasteiger partial charge in [-0.15, -0.1) is 0 Å². The fourth-order valence-corrected chi connectivity index (χ4v) is 0.624. The van der Waals surface area contributed by atoms with Gasteiger partial charge in [0.25, 0.3) is 0 Å².